The zero-order valence-electron chi connectivity index (χ0n) is 13.1. The van der Waals surface area contributed by atoms with Crippen LogP contribution >= 0.6 is 0 Å². The molecule has 122 valence electrons. The summed E-state index contributed by atoms with van der Waals surface area (Å²) in [5, 5.41) is 3.55. The molecule has 0 bridgehead atoms. The van der Waals surface area contributed by atoms with Gasteiger partial charge in [0.1, 0.15) is 17.4 Å². The van der Waals surface area contributed by atoms with Crippen molar-refractivity contribution in [3.8, 4) is 0 Å². The van der Waals surface area contributed by atoms with Crippen LogP contribution in [0.15, 0.2) is 28.9 Å². The van der Waals surface area contributed by atoms with E-state index in [1.807, 2.05) is 25.1 Å². The van der Waals surface area contributed by atoms with Gasteiger partial charge in [0.25, 0.3) is 5.91 Å². The highest BCUT2D eigenvalue weighted by Gasteiger charge is 2.40. The van der Waals surface area contributed by atoms with Crippen LogP contribution in [0, 0.1) is 0 Å². The van der Waals surface area contributed by atoms with E-state index in [1.165, 1.54) is 6.26 Å². The quantitative estimate of drug-likeness (QED) is 0.898. The third-order valence-corrected chi connectivity index (χ3v) is 4.46. The van der Waals surface area contributed by atoms with Crippen molar-refractivity contribution in [3.63, 3.8) is 0 Å². The zero-order valence-corrected chi connectivity index (χ0v) is 13.1. The Morgan fingerprint density at radius 3 is 2.70 bits per heavy atom. The van der Waals surface area contributed by atoms with Gasteiger partial charge in [-0.1, -0.05) is 13.0 Å². The second kappa shape index (κ2) is 6.04. The molecule has 1 aliphatic heterocycles. The number of hydrogen-bond acceptors (Lipinski definition) is 4. The average Bonchev–Trinajstić information content (AvgIpc) is 2.98. The monoisotopic (exact) mass is 316 g/mol. The molecule has 1 aromatic heterocycles. The molecular formula is C17H20N2O4. The fourth-order valence-electron chi connectivity index (χ4n) is 2.91. The molecule has 6 nitrogen and oxygen atoms in total. The van der Waals surface area contributed by atoms with Crippen molar-refractivity contribution in [3.05, 3.63) is 35.6 Å². The third-order valence-electron chi connectivity index (χ3n) is 4.46. The standard InChI is InChI=1S/C17H20N2O4/c1-2-11-3-4-14-12(9-11)13(10-23-14)15(20)19-17(16(18)21)5-7-22-8-6-17/h3-4,9-10H,2,5-8H2,1H3,(H2,18,21)(H,19,20). The van der Waals surface area contributed by atoms with E-state index in [0.717, 1.165) is 17.4 Å². The molecule has 2 aromatic rings. The molecule has 0 radical (unpaired) electrons. The van der Waals surface area contributed by atoms with Crippen LogP contribution in [0.2, 0.25) is 0 Å². The molecule has 0 aliphatic carbocycles. The van der Waals surface area contributed by atoms with Gasteiger partial charge < -0.3 is 20.2 Å². The van der Waals surface area contributed by atoms with Gasteiger partial charge in [-0.15, -0.1) is 0 Å². The van der Waals surface area contributed by atoms with Crippen molar-refractivity contribution in [2.24, 2.45) is 5.73 Å². The topological polar surface area (TPSA) is 94.6 Å². The lowest BCUT2D eigenvalue weighted by Gasteiger charge is -2.34. The number of amides is 2. The predicted molar refractivity (Wildman–Crippen MR) is 85.0 cm³/mol. The first kappa shape index (κ1) is 15.6. The third kappa shape index (κ3) is 2.82. The van der Waals surface area contributed by atoms with Crippen LogP contribution in [0.25, 0.3) is 11.0 Å². The van der Waals surface area contributed by atoms with Gasteiger partial charge in [-0.3, -0.25) is 9.59 Å². The highest BCUT2D eigenvalue weighted by atomic mass is 16.5. The molecule has 2 heterocycles. The first-order valence-electron chi connectivity index (χ1n) is 7.76. The van der Waals surface area contributed by atoms with Gasteiger partial charge in [0.2, 0.25) is 5.91 Å². The number of carbonyl (C=O) groups is 2. The molecule has 2 amide bonds. The molecule has 6 heteroatoms. The zero-order chi connectivity index (χ0) is 16.4. The van der Waals surface area contributed by atoms with Crippen LogP contribution in [-0.2, 0) is 16.0 Å². The van der Waals surface area contributed by atoms with E-state index < -0.39 is 11.4 Å². The Morgan fingerprint density at radius 1 is 1.30 bits per heavy atom. The number of carbonyl (C=O) groups excluding carboxylic acids is 2. The highest BCUT2D eigenvalue weighted by Crippen LogP contribution is 2.25. The fraction of sp³-hybridized carbons (Fsp3) is 0.412. The minimum atomic E-state index is -1.05. The molecule has 1 aliphatic rings. The van der Waals surface area contributed by atoms with Gasteiger partial charge >= 0.3 is 0 Å². The summed E-state index contributed by atoms with van der Waals surface area (Å²) >= 11 is 0. The molecule has 0 atom stereocenters. The number of benzene rings is 1. The second-order valence-electron chi connectivity index (χ2n) is 5.85. The van der Waals surface area contributed by atoms with Crippen LogP contribution in [0.5, 0.6) is 0 Å². The van der Waals surface area contributed by atoms with Crippen LogP contribution in [0.1, 0.15) is 35.7 Å². The summed E-state index contributed by atoms with van der Waals surface area (Å²) in [6, 6.07) is 5.76. The van der Waals surface area contributed by atoms with E-state index in [1.54, 1.807) is 0 Å². The number of nitrogens with one attached hydrogen (secondary N) is 1. The van der Waals surface area contributed by atoms with Crippen LogP contribution in [-0.4, -0.2) is 30.6 Å². The number of ether oxygens (including phenoxy) is 1. The van der Waals surface area contributed by atoms with Gasteiger partial charge in [0, 0.05) is 31.4 Å². The average molecular weight is 316 g/mol. The number of nitrogens with two attached hydrogens (primary N) is 1. The second-order valence-corrected chi connectivity index (χ2v) is 5.85. The smallest absolute Gasteiger partial charge is 0.256 e. The van der Waals surface area contributed by atoms with Crippen molar-refractivity contribution in [1.29, 1.82) is 0 Å². The number of furan rings is 1. The lowest BCUT2D eigenvalue weighted by molar-refractivity contribution is -0.127. The van der Waals surface area contributed by atoms with Crippen molar-refractivity contribution < 1.29 is 18.7 Å². The lowest BCUT2D eigenvalue weighted by Crippen LogP contribution is -2.60. The summed E-state index contributed by atoms with van der Waals surface area (Å²) in [4.78, 5) is 24.6. The fourth-order valence-corrected chi connectivity index (χ4v) is 2.91. The van der Waals surface area contributed by atoms with Crippen molar-refractivity contribution in [2.45, 2.75) is 31.7 Å². The van der Waals surface area contributed by atoms with Gasteiger partial charge in [0.05, 0.1) is 5.56 Å². The summed E-state index contributed by atoms with van der Waals surface area (Å²) in [6.45, 7) is 2.84. The van der Waals surface area contributed by atoms with Crippen molar-refractivity contribution in [2.75, 3.05) is 13.2 Å². The highest BCUT2D eigenvalue weighted by molar-refractivity contribution is 6.07. The van der Waals surface area contributed by atoms with Gasteiger partial charge in [-0.2, -0.15) is 0 Å². The molecule has 23 heavy (non-hydrogen) atoms. The van der Waals surface area contributed by atoms with Gasteiger partial charge in [0.15, 0.2) is 0 Å². The maximum Gasteiger partial charge on any atom is 0.256 e. The van der Waals surface area contributed by atoms with Crippen LogP contribution < -0.4 is 11.1 Å². The van der Waals surface area contributed by atoms with E-state index in [0.29, 0.717) is 37.2 Å². The van der Waals surface area contributed by atoms with Crippen molar-refractivity contribution >= 4 is 22.8 Å². The summed E-state index contributed by atoms with van der Waals surface area (Å²) in [5.74, 6) is -0.881. The summed E-state index contributed by atoms with van der Waals surface area (Å²) in [5.41, 5.74) is 6.65. The largest absolute Gasteiger partial charge is 0.463 e. The lowest BCUT2D eigenvalue weighted by atomic mass is 9.89. The molecule has 1 saturated heterocycles. The molecule has 1 fully saturated rings. The number of fused-ring (bicyclic) bond motifs is 1. The van der Waals surface area contributed by atoms with E-state index in [2.05, 4.69) is 5.32 Å². The molecule has 3 rings (SSSR count). The normalized spacial score (nSPS) is 17.1. The Balaban J connectivity index is 1.92. The molecule has 1 aromatic carbocycles. The number of aryl methyl sites for hydroxylation is 1. The van der Waals surface area contributed by atoms with E-state index >= 15 is 0 Å². The predicted octanol–water partition coefficient (Wildman–Crippen LogP) is 1.76. The van der Waals surface area contributed by atoms with Crippen molar-refractivity contribution in [1.82, 2.24) is 5.32 Å². The maximum atomic E-state index is 12.7. The van der Waals surface area contributed by atoms with E-state index in [9.17, 15) is 9.59 Å². The van der Waals surface area contributed by atoms with E-state index in [-0.39, 0.29) is 5.91 Å². The molecular weight excluding hydrogens is 296 g/mol. The van der Waals surface area contributed by atoms with Gasteiger partial charge in [-0.05, 0) is 24.1 Å². The Labute approximate surface area is 134 Å². The number of rotatable bonds is 4. The van der Waals surface area contributed by atoms with Gasteiger partial charge in [-0.25, -0.2) is 0 Å². The Hall–Kier alpha value is -2.34. The summed E-state index contributed by atoms with van der Waals surface area (Å²) in [6.07, 6.45) is 3.05. The minimum absolute atomic E-state index is 0.349. The van der Waals surface area contributed by atoms with E-state index in [4.69, 9.17) is 14.9 Å². The SMILES string of the molecule is CCc1ccc2occ(C(=O)NC3(C(N)=O)CCOCC3)c2c1. The Kier molecular flexibility index (Phi) is 4.09. The van der Waals surface area contributed by atoms with Crippen LogP contribution in [0.3, 0.4) is 0 Å². The maximum absolute atomic E-state index is 12.7. The number of hydrogen-bond donors (Lipinski definition) is 2. The summed E-state index contributed by atoms with van der Waals surface area (Å²) < 4.78 is 10.7. The molecule has 3 N–H and O–H groups in total. The number of primary amides is 1. The molecule has 0 spiro atoms. The first-order chi connectivity index (χ1) is 11.1. The molecule has 0 unspecified atom stereocenters. The first-order valence-corrected chi connectivity index (χ1v) is 7.76. The Bertz CT molecular complexity index is 744. The molecule has 0 saturated carbocycles. The Morgan fingerprint density at radius 2 is 2.04 bits per heavy atom. The minimum Gasteiger partial charge on any atom is -0.463 e. The van der Waals surface area contributed by atoms with Crippen LogP contribution in [0.4, 0.5) is 0 Å². The summed E-state index contributed by atoms with van der Waals surface area (Å²) in [7, 11) is 0.